The highest BCUT2D eigenvalue weighted by molar-refractivity contribution is 9.08. The summed E-state index contributed by atoms with van der Waals surface area (Å²) in [6.07, 6.45) is 0.445. The molecule has 1 N–H and O–H groups in total. The van der Waals surface area contributed by atoms with Gasteiger partial charge >= 0.3 is 6.09 Å². The van der Waals surface area contributed by atoms with Gasteiger partial charge in [-0.25, -0.2) is 9.18 Å². The number of carbonyl (C=O) groups excluding carboxylic acids is 1. The Bertz CT molecular complexity index is 593. The molecule has 4 nitrogen and oxygen atoms in total. The van der Waals surface area contributed by atoms with Gasteiger partial charge in [-0.2, -0.15) is 0 Å². The first-order chi connectivity index (χ1) is 9.69. The van der Waals surface area contributed by atoms with E-state index >= 15 is 0 Å². The zero-order valence-electron chi connectivity index (χ0n) is 10.5. The van der Waals surface area contributed by atoms with Crippen LogP contribution in [0, 0.1) is 5.82 Å². The van der Waals surface area contributed by atoms with Gasteiger partial charge in [0.15, 0.2) is 0 Å². The number of pyridine rings is 1. The van der Waals surface area contributed by atoms with Crippen LogP contribution in [0.2, 0.25) is 0 Å². The van der Waals surface area contributed by atoms with Crippen molar-refractivity contribution in [3.8, 4) is 0 Å². The molecular weight excluding hydrogens is 327 g/mol. The first kappa shape index (κ1) is 14.5. The van der Waals surface area contributed by atoms with Crippen molar-refractivity contribution in [2.75, 3.05) is 5.32 Å². The van der Waals surface area contributed by atoms with E-state index in [1.165, 1.54) is 6.07 Å². The predicted molar refractivity (Wildman–Crippen MR) is 77.1 cm³/mol. The van der Waals surface area contributed by atoms with E-state index in [1.807, 2.05) is 30.3 Å². The third-order valence-electron chi connectivity index (χ3n) is 2.51. The van der Waals surface area contributed by atoms with Gasteiger partial charge in [0.25, 0.3) is 0 Å². The van der Waals surface area contributed by atoms with Gasteiger partial charge in [0.2, 0.25) is 0 Å². The summed E-state index contributed by atoms with van der Waals surface area (Å²) in [4.78, 5) is 15.5. The van der Waals surface area contributed by atoms with Crippen LogP contribution in [0.5, 0.6) is 0 Å². The number of nitrogens with one attached hydrogen (secondary N) is 1. The Morgan fingerprint density at radius 2 is 2.10 bits per heavy atom. The highest BCUT2D eigenvalue weighted by Gasteiger charge is 2.09. The lowest BCUT2D eigenvalue weighted by atomic mass is 10.2. The minimum absolute atomic E-state index is 0.152. The van der Waals surface area contributed by atoms with E-state index in [1.54, 1.807) is 0 Å². The van der Waals surface area contributed by atoms with Gasteiger partial charge in [-0.3, -0.25) is 10.3 Å². The molecule has 1 aromatic carbocycles. The van der Waals surface area contributed by atoms with Crippen LogP contribution in [0.1, 0.15) is 11.3 Å². The van der Waals surface area contributed by atoms with Crippen molar-refractivity contribution in [3.05, 3.63) is 59.7 Å². The molecule has 0 aliphatic rings. The van der Waals surface area contributed by atoms with E-state index in [0.717, 1.165) is 11.8 Å². The average Bonchev–Trinajstić information content (AvgIpc) is 2.46. The Morgan fingerprint density at radius 3 is 2.80 bits per heavy atom. The standard InChI is InChI=1S/C14H12BrFN2O2/c15-7-13-12(6-11(16)8-17-13)18-14(19)20-9-10-4-2-1-3-5-10/h1-6,8H,7,9H2,(H,18,19). The van der Waals surface area contributed by atoms with Crippen LogP contribution in [0.25, 0.3) is 0 Å². The molecule has 0 fully saturated rings. The normalized spacial score (nSPS) is 10.1. The van der Waals surface area contributed by atoms with Crippen molar-refractivity contribution in [2.24, 2.45) is 0 Å². The molecule has 1 amide bonds. The van der Waals surface area contributed by atoms with Crippen LogP contribution in [0.15, 0.2) is 42.6 Å². The summed E-state index contributed by atoms with van der Waals surface area (Å²) in [6.45, 7) is 0.152. The second-order valence-electron chi connectivity index (χ2n) is 3.97. The summed E-state index contributed by atoms with van der Waals surface area (Å²) < 4.78 is 18.2. The zero-order chi connectivity index (χ0) is 14.4. The number of alkyl halides is 1. The van der Waals surface area contributed by atoms with Gasteiger partial charge in [0.05, 0.1) is 17.6 Å². The summed E-state index contributed by atoms with van der Waals surface area (Å²) in [6, 6.07) is 10.5. The lowest BCUT2D eigenvalue weighted by molar-refractivity contribution is 0.155. The quantitative estimate of drug-likeness (QED) is 0.861. The SMILES string of the molecule is O=C(Nc1cc(F)cnc1CBr)OCc1ccccc1. The van der Waals surface area contributed by atoms with Crippen molar-refractivity contribution in [2.45, 2.75) is 11.9 Å². The molecule has 6 heteroatoms. The molecular formula is C14H12BrFN2O2. The highest BCUT2D eigenvalue weighted by Crippen LogP contribution is 2.17. The van der Waals surface area contributed by atoms with E-state index in [0.29, 0.717) is 16.7 Å². The third kappa shape index (κ3) is 4.03. The molecule has 1 aromatic heterocycles. The van der Waals surface area contributed by atoms with E-state index in [-0.39, 0.29) is 6.61 Å². The number of nitrogens with zero attached hydrogens (tertiary/aromatic N) is 1. The molecule has 0 bridgehead atoms. The Morgan fingerprint density at radius 1 is 1.35 bits per heavy atom. The van der Waals surface area contributed by atoms with Crippen molar-refractivity contribution in [3.63, 3.8) is 0 Å². The molecule has 0 saturated carbocycles. The molecule has 0 aliphatic heterocycles. The zero-order valence-corrected chi connectivity index (χ0v) is 12.1. The van der Waals surface area contributed by atoms with Crippen LogP contribution in [0.4, 0.5) is 14.9 Å². The Hall–Kier alpha value is -1.95. The number of carbonyl (C=O) groups is 1. The lowest BCUT2D eigenvalue weighted by Gasteiger charge is -2.09. The number of halogens is 2. The summed E-state index contributed by atoms with van der Waals surface area (Å²) in [5.41, 5.74) is 1.70. The number of hydrogen-bond donors (Lipinski definition) is 1. The van der Waals surface area contributed by atoms with Crippen LogP contribution >= 0.6 is 15.9 Å². The van der Waals surface area contributed by atoms with Gasteiger partial charge in [0.1, 0.15) is 12.4 Å². The first-order valence-electron chi connectivity index (χ1n) is 5.87. The second-order valence-corrected chi connectivity index (χ2v) is 4.53. The predicted octanol–water partition coefficient (Wildman–Crippen LogP) is 3.86. The lowest BCUT2D eigenvalue weighted by Crippen LogP contribution is -2.15. The van der Waals surface area contributed by atoms with Gasteiger partial charge in [-0.05, 0) is 5.56 Å². The van der Waals surface area contributed by atoms with E-state index in [2.05, 4.69) is 26.2 Å². The number of amides is 1. The van der Waals surface area contributed by atoms with Gasteiger partial charge in [0, 0.05) is 11.4 Å². The van der Waals surface area contributed by atoms with Crippen molar-refractivity contribution in [1.29, 1.82) is 0 Å². The third-order valence-corrected chi connectivity index (χ3v) is 3.04. The summed E-state index contributed by atoms with van der Waals surface area (Å²) in [5.74, 6) is -0.520. The van der Waals surface area contributed by atoms with Crippen LogP contribution in [-0.2, 0) is 16.7 Å². The molecule has 0 saturated heterocycles. The fourth-order valence-corrected chi connectivity index (χ4v) is 2.00. The number of anilines is 1. The Kier molecular flexibility index (Phi) is 5.06. The van der Waals surface area contributed by atoms with E-state index in [4.69, 9.17) is 4.74 Å². The number of ether oxygens (including phenoxy) is 1. The van der Waals surface area contributed by atoms with E-state index in [9.17, 15) is 9.18 Å². The highest BCUT2D eigenvalue weighted by atomic mass is 79.9. The second kappa shape index (κ2) is 7.00. The molecule has 104 valence electrons. The molecule has 0 spiro atoms. The minimum atomic E-state index is -0.650. The molecule has 0 radical (unpaired) electrons. The number of aromatic nitrogens is 1. The average molecular weight is 339 g/mol. The van der Waals surface area contributed by atoms with E-state index < -0.39 is 11.9 Å². The molecule has 1 heterocycles. The van der Waals surface area contributed by atoms with Gasteiger partial charge in [-0.1, -0.05) is 46.3 Å². The maximum absolute atomic E-state index is 13.1. The summed E-state index contributed by atoms with van der Waals surface area (Å²) in [7, 11) is 0. The monoisotopic (exact) mass is 338 g/mol. The van der Waals surface area contributed by atoms with Crippen molar-refractivity contribution >= 4 is 27.7 Å². The van der Waals surface area contributed by atoms with Crippen molar-refractivity contribution < 1.29 is 13.9 Å². The maximum atomic E-state index is 13.1. The van der Waals surface area contributed by atoms with Crippen LogP contribution in [0.3, 0.4) is 0 Å². The van der Waals surface area contributed by atoms with Crippen LogP contribution < -0.4 is 5.32 Å². The fraction of sp³-hybridized carbons (Fsp3) is 0.143. The maximum Gasteiger partial charge on any atom is 0.412 e. The van der Waals surface area contributed by atoms with Gasteiger partial charge in [-0.15, -0.1) is 0 Å². The Labute approximate surface area is 124 Å². The summed E-state index contributed by atoms with van der Waals surface area (Å²) >= 11 is 3.22. The first-order valence-corrected chi connectivity index (χ1v) is 6.99. The Balaban J connectivity index is 1.96. The number of rotatable bonds is 4. The molecule has 0 aliphatic carbocycles. The molecule has 0 atom stereocenters. The minimum Gasteiger partial charge on any atom is -0.444 e. The van der Waals surface area contributed by atoms with Crippen molar-refractivity contribution in [1.82, 2.24) is 4.98 Å². The smallest absolute Gasteiger partial charge is 0.412 e. The molecule has 20 heavy (non-hydrogen) atoms. The summed E-state index contributed by atoms with van der Waals surface area (Å²) in [5, 5.41) is 2.88. The fourth-order valence-electron chi connectivity index (χ4n) is 1.55. The van der Waals surface area contributed by atoms with Crippen LogP contribution in [-0.4, -0.2) is 11.1 Å². The number of hydrogen-bond acceptors (Lipinski definition) is 3. The molecule has 0 unspecified atom stereocenters. The topological polar surface area (TPSA) is 51.2 Å². The molecule has 2 rings (SSSR count). The molecule has 2 aromatic rings. The van der Waals surface area contributed by atoms with Gasteiger partial charge < -0.3 is 4.74 Å². The largest absolute Gasteiger partial charge is 0.444 e. The number of benzene rings is 1.